The van der Waals surface area contributed by atoms with E-state index in [-0.39, 0.29) is 107 Å². The Bertz CT molecular complexity index is 3750. The Hall–Kier alpha value is -7.81. The summed E-state index contributed by atoms with van der Waals surface area (Å²) < 4.78 is 138. The van der Waals surface area contributed by atoms with Crippen LogP contribution in [0.4, 0.5) is 9.59 Å². The fraction of sp³-hybridized carbons (Fsp3) is 0.592. The first-order chi connectivity index (χ1) is 49.5. The Morgan fingerprint density at radius 2 is 1.00 bits per heavy atom. The van der Waals surface area contributed by atoms with Crippen molar-refractivity contribution in [2.45, 2.75) is 151 Å². The Kier molecular flexibility index (Phi) is 21.9. The molecule has 4 aromatic rings. The van der Waals surface area contributed by atoms with Gasteiger partial charge in [-0.2, -0.15) is 0 Å². The van der Waals surface area contributed by atoms with Crippen LogP contribution in [0.2, 0.25) is 0 Å². The number of ether oxygens (including phenoxy) is 24. The number of rotatable bonds is 17. The van der Waals surface area contributed by atoms with Crippen molar-refractivity contribution in [3.8, 4) is 57.5 Å². The number of cyclic esters (lactones) is 1. The summed E-state index contributed by atoms with van der Waals surface area (Å²) in [5.74, 6) is -1.60. The van der Waals surface area contributed by atoms with Gasteiger partial charge in [0.15, 0.2) is 76.9 Å². The maximum absolute atomic E-state index is 13.6. The highest BCUT2D eigenvalue weighted by Gasteiger charge is 2.58. The molecule has 0 radical (unpaired) electrons. The van der Waals surface area contributed by atoms with Crippen LogP contribution >= 0.6 is 0 Å². The van der Waals surface area contributed by atoms with Gasteiger partial charge in [0, 0.05) is 29.6 Å². The van der Waals surface area contributed by atoms with Crippen molar-refractivity contribution in [2.75, 3.05) is 94.9 Å². The van der Waals surface area contributed by atoms with Crippen LogP contribution in [-0.4, -0.2) is 236 Å². The van der Waals surface area contributed by atoms with Crippen molar-refractivity contribution in [3.63, 3.8) is 0 Å². The highest BCUT2D eigenvalue weighted by Crippen LogP contribution is 2.61. The van der Waals surface area contributed by atoms with E-state index in [2.05, 4.69) is 6.58 Å². The van der Waals surface area contributed by atoms with Gasteiger partial charge >= 0.3 is 18.3 Å². The number of methoxy groups -OCH3 is 4. The van der Waals surface area contributed by atoms with E-state index in [1.807, 2.05) is 12.1 Å². The fourth-order valence-electron chi connectivity index (χ4n) is 15.2. The Balaban J connectivity index is 0.000000183. The third kappa shape index (κ3) is 14.3. The fourth-order valence-corrected chi connectivity index (χ4v) is 15.2. The minimum absolute atomic E-state index is 0. The second-order valence-corrected chi connectivity index (χ2v) is 26.7. The smallest absolute Gasteiger partial charge is 0.498 e. The van der Waals surface area contributed by atoms with Crippen LogP contribution in [0.5, 0.6) is 57.5 Å². The summed E-state index contributed by atoms with van der Waals surface area (Å²) in [5, 5.41) is 63.0. The van der Waals surface area contributed by atoms with E-state index < -0.39 is 159 Å². The number of allylic oxidation sites excluding steroid dienone is 1. The lowest BCUT2D eigenvalue weighted by Gasteiger charge is -2.48. The number of benzene rings is 4. The first-order valence-corrected chi connectivity index (χ1v) is 33.6. The SMILES string of the molecule is C.C=C1OCC2C(OC3OC4COC(C)OC4C(O)C3O)c3cc4c(cc3[C@@H](c3cc(OC)c(OC(=O)OCC5COC(C)(C)O5)c(OC)c3)[C@@H]12)OCO4.COc1cc([C@@H]2c3cc4c(cc3C(OC3OC5COC(C)OC5C(O)C3O)C3COC(=O)[C@@H]32)OCO4)cc(OC)c1OC(=O)OCC(O)CO. The van der Waals surface area contributed by atoms with E-state index in [1.165, 1.54) is 28.4 Å². The standard InChI is InChI=1S/C37H44O16.C33H38O17.CH4/c1-16-28-22(13-43-16)32(51-35-31(39)30(38)34-27(50-35)14-44-17(2)49-34)21-10-24-23(46-15-47-24)9-20(21)29(28)18-7-25(41-5)33(26(8-18)42-6)52-36(40)45-11-19-12-48-37(3,4)53-19;1-13-42-11-23-30(47-13)26(36)27(37)32(48-23)49-28-17-7-20-19(45-12-46-20)6-16(17)24(25-18(28)10-43-31(25)38)14-4-21(40-2)29(22(5-14)41-3)50-33(39)44-9-15(35)8-34;/h7-10,17,19,22,27-32,34-35,38-39H,1,11-15H2,2-6H3;4-7,13,15,18,23-28,30,32,34-37H,8-12H2,1-3H3;1H4/t17?,19?,22?,27?,28-,29+,30?,31?,32?,34?,35?;13?,15?,18?,23?,24-,25+,26?,27?,28?,30?,32?;/m01./s1. The summed E-state index contributed by atoms with van der Waals surface area (Å²) in [6, 6.07) is 14.0. The van der Waals surface area contributed by atoms with Gasteiger partial charge in [0.2, 0.25) is 25.1 Å². The predicted molar refractivity (Wildman–Crippen MR) is 346 cm³/mol. The van der Waals surface area contributed by atoms with Crippen molar-refractivity contribution in [1.29, 1.82) is 0 Å². The lowest BCUT2D eigenvalue weighted by Crippen LogP contribution is -2.63. The van der Waals surface area contributed by atoms with Gasteiger partial charge in [0.25, 0.3) is 0 Å². The van der Waals surface area contributed by atoms with Crippen LogP contribution in [0.25, 0.3) is 0 Å². The quantitative estimate of drug-likeness (QED) is 0.0484. The van der Waals surface area contributed by atoms with Gasteiger partial charge in [-0.05, 0) is 110 Å². The number of aliphatic hydroxyl groups excluding tert-OH is 6. The molecule has 9 heterocycles. The highest BCUT2D eigenvalue weighted by molar-refractivity contribution is 5.79. The molecule has 33 nitrogen and oxygen atoms in total. The maximum Gasteiger partial charge on any atom is 0.514 e. The largest absolute Gasteiger partial charge is 0.514 e. The van der Waals surface area contributed by atoms with Gasteiger partial charge in [0.1, 0.15) is 74.3 Å². The average Bonchev–Trinajstić information content (AvgIpc) is 1.60. The zero-order valence-corrected chi connectivity index (χ0v) is 57.3. The molecule has 9 aliphatic heterocycles. The van der Waals surface area contributed by atoms with E-state index in [0.29, 0.717) is 45.4 Å². The number of hydrogen-bond donors (Lipinski definition) is 6. The number of esters is 1. The zero-order valence-electron chi connectivity index (χ0n) is 57.3. The molecule has 11 aliphatic rings. The minimum atomic E-state index is -1.49. The van der Waals surface area contributed by atoms with E-state index >= 15 is 0 Å². The predicted octanol–water partition coefficient (Wildman–Crippen LogP) is 4.42. The lowest BCUT2D eigenvalue weighted by molar-refractivity contribution is -0.364. The Morgan fingerprint density at radius 1 is 0.567 bits per heavy atom. The Morgan fingerprint density at radius 3 is 1.44 bits per heavy atom. The molecule has 22 atom stereocenters. The highest BCUT2D eigenvalue weighted by atomic mass is 16.8. The molecule has 18 unspecified atom stereocenters. The number of carbonyl (C=O) groups is 3. The number of aliphatic hydroxyl groups is 6. The first kappa shape index (κ1) is 74.5. The topological polar surface area (TPSA) is 394 Å². The van der Waals surface area contributed by atoms with Gasteiger partial charge in [-0.1, -0.05) is 14.0 Å². The molecule has 0 spiro atoms. The van der Waals surface area contributed by atoms with Crippen LogP contribution in [0.15, 0.2) is 60.9 Å². The van der Waals surface area contributed by atoms with E-state index in [0.717, 1.165) is 16.7 Å². The Labute approximate surface area is 596 Å². The number of carbonyl (C=O) groups excluding carboxylic acids is 3. The number of fused-ring (bicyclic) bond motifs is 8. The van der Waals surface area contributed by atoms with Gasteiger partial charge < -0.3 is 144 Å². The van der Waals surface area contributed by atoms with Gasteiger partial charge in [-0.25, -0.2) is 9.59 Å². The van der Waals surface area contributed by atoms with Crippen LogP contribution in [0.1, 0.15) is 92.5 Å². The molecular weight excluding hydrogens is 1380 g/mol. The van der Waals surface area contributed by atoms with Crippen LogP contribution < -0.4 is 47.4 Å². The van der Waals surface area contributed by atoms with E-state index in [1.54, 1.807) is 64.1 Å². The molecule has 0 aromatic heterocycles. The molecule has 0 amide bonds. The maximum atomic E-state index is 13.6. The molecular formula is C71H86O33. The summed E-state index contributed by atoms with van der Waals surface area (Å²) in [7, 11) is 5.62. The van der Waals surface area contributed by atoms with Gasteiger partial charge in [-0.15, -0.1) is 0 Å². The summed E-state index contributed by atoms with van der Waals surface area (Å²) in [6.07, 6.45) is -17.7. The molecule has 104 heavy (non-hydrogen) atoms. The van der Waals surface area contributed by atoms with Crippen molar-refractivity contribution >= 4 is 18.3 Å². The normalized spacial score (nSPS) is 33.7. The first-order valence-electron chi connectivity index (χ1n) is 33.6. The molecule has 0 saturated carbocycles. The summed E-state index contributed by atoms with van der Waals surface area (Å²) >= 11 is 0. The molecule has 0 bridgehead atoms. The molecule has 7 fully saturated rings. The minimum Gasteiger partial charge on any atom is -0.498 e. The van der Waals surface area contributed by atoms with Gasteiger partial charge in [-0.3, -0.25) is 4.79 Å². The van der Waals surface area contributed by atoms with Crippen LogP contribution in [0, 0.1) is 23.7 Å². The molecule has 15 rings (SSSR count). The second-order valence-electron chi connectivity index (χ2n) is 26.7. The molecule has 2 aliphatic carbocycles. The van der Waals surface area contributed by atoms with Crippen molar-refractivity contribution in [3.05, 3.63) is 94.2 Å². The molecule has 6 N–H and O–H groups in total. The lowest BCUT2D eigenvalue weighted by atomic mass is 9.65. The number of hydrogen-bond acceptors (Lipinski definition) is 33. The average molecular weight is 1470 g/mol. The monoisotopic (exact) mass is 1470 g/mol. The third-order valence-corrected chi connectivity index (χ3v) is 20.0. The molecule has 7 saturated heterocycles. The van der Waals surface area contributed by atoms with Crippen LogP contribution in [0.3, 0.4) is 0 Å². The summed E-state index contributed by atoms with van der Waals surface area (Å²) in [5.41, 5.74) is 4.00. The summed E-state index contributed by atoms with van der Waals surface area (Å²) in [4.78, 5) is 38.9. The van der Waals surface area contributed by atoms with Gasteiger partial charge in [0.05, 0.1) is 92.0 Å². The van der Waals surface area contributed by atoms with Crippen molar-refractivity contribution in [1.82, 2.24) is 0 Å². The third-order valence-electron chi connectivity index (χ3n) is 20.0. The van der Waals surface area contributed by atoms with Crippen LogP contribution in [-0.2, 0) is 71.1 Å². The van der Waals surface area contributed by atoms with E-state index in [4.69, 9.17) is 119 Å². The van der Waals surface area contributed by atoms with E-state index in [9.17, 15) is 39.9 Å². The molecule has 568 valence electrons. The zero-order chi connectivity index (χ0) is 72.4. The summed E-state index contributed by atoms with van der Waals surface area (Å²) in [6.45, 7) is 10.8. The molecule has 4 aromatic carbocycles. The molecule has 33 heteroatoms. The second kappa shape index (κ2) is 30.6. The van der Waals surface area contributed by atoms with Crippen molar-refractivity contribution < 1.29 is 159 Å². The van der Waals surface area contributed by atoms with Crippen molar-refractivity contribution in [2.24, 2.45) is 23.7 Å².